The van der Waals surface area contributed by atoms with Crippen LogP contribution in [-0.4, -0.2) is 49.3 Å². The summed E-state index contributed by atoms with van der Waals surface area (Å²) in [6.45, 7) is 12.9. The van der Waals surface area contributed by atoms with Crippen molar-refractivity contribution >= 4 is 0 Å². The van der Waals surface area contributed by atoms with Crippen molar-refractivity contribution in [3.8, 4) is 0 Å². The summed E-state index contributed by atoms with van der Waals surface area (Å²) in [7, 11) is 0. The van der Waals surface area contributed by atoms with Crippen LogP contribution in [0.25, 0.3) is 0 Å². The second-order valence-corrected chi connectivity index (χ2v) is 7.78. The lowest BCUT2D eigenvalue weighted by Crippen LogP contribution is -2.60. The molecule has 4 nitrogen and oxygen atoms in total. The standard InChI is InChI=1S/C20H40O4/c1-6-9-12-22-17-16(21)15-20(4,5)19(24-14-11-8-3)18(17)23-13-10-7-2/h16-19,21H,6-15H2,1-5H3/t16-,17-,18-,19+/m0/s1. The van der Waals surface area contributed by atoms with E-state index in [1.807, 2.05) is 0 Å². The molecule has 0 heterocycles. The van der Waals surface area contributed by atoms with Gasteiger partial charge in [-0.05, 0) is 31.1 Å². The van der Waals surface area contributed by atoms with Crippen LogP contribution in [0.2, 0.25) is 0 Å². The van der Waals surface area contributed by atoms with Gasteiger partial charge in [-0.15, -0.1) is 0 Å². The largest absolute Gasteiger partial charge is 0.390 e. The van der Waals surface area contributed by atoms with Gasteiger partial charge in [-0.2, -0.15) is 0 Å². The van der Waals surface area contributed by atoms with Crippen molar-refractivity contribution in [1.82, 2.24) is 0 Å². The van der Waals surface area contributed by atoms with Crippen molar-refractivity contribution in [2.24, 2.45) is 5.41 Å². The maximum absolute atomic E-state index is 10.7. The molecule has 0 aromatic rings. The third kappa shape index (κ3) is 6.62. The van der Waals surface area contributed by atoms with Gasteiger partial charge in [-0.1, -0.05) is 53.9 Å². The molecule has 0 unspecified atom stereocenters. The molecule has 1 N–H and O–H groups in total. The molecular formula is C20H40O4. The summed E-state index contributed by atoms with van der Waals surface area (Å²) in [5.74, 6) is 0. The Bertz CT molecular complexity index is 319. The maximum atomic E-state index is 10.7. The van der Waals surface area contributed by atoms with Gasteiger partial charge in [0.15, 0.2) is 0 Å². The van der Waals surface area contributed by atoms with E-state index in [-0.39, 0.29) is 23.7 Å². The van der Waals surface area contributed by atoms with Gasteiger partial charge in [-0.3, -0.25) is 0 Å². The zero-order valence-electron chi connectivity index (χ0n) is 16.6. The van der Waals surface area contributed by atoms with Gasteiger partial charge < -0.3 is 19.3 Å². The van der Waals surface area contributed by atoms with Crippen LogP contribution in [0, 0.1) is 5.41 Å². The van der Waals surface area contributed by atoms with Crippen molar-refractivity contribution in [2.45, 2.75) is 104 Å². The van der Waals surface area contributed by atoms with Crippen molar-refractivity contribution in [3.63, 3.8) is 0 Å². The Kier molecular flexibility index (Phi) is 10.4. The monoisotopic (exact) mass is 344 g/mol. The first-order valence-corrected chi connectivity index (χ1v) is 10.0. The van der Waals surface area contributed by atoms with E-state index in [2.05, 4.69) is 34.6 Å². The molecule has 144 valence electrons. The van der Waals surface area contributed by atoms with Crippen molar-refractivity contribution in [1.29, 1.82) is 0 Å². The average Bonchev–Trinajstić information content (AvgIpc) is 2.52. The van der Waals surface area contributed by atoms with Crippen LogP contribution in [0.3, 0.4) is 0 Å². The zero-order valence-corrected chi connectivity index (χ0v) is 16.6. The topological polar surface area (TPSA) is 47.9 Å². The van der Waals surface area contributed by atoms with Crippen LogP contribution in [0.5, 0.6) is 0 Å². The minimum Gasteiger partial charge on any atom is -0.390 e. The molecule has 0 saturated heterocycles. The van der Waals surface area contributed by atoms with Crippen LogP contribution in [0.4, 0.5) is 0 Å². The van der Waals surface area contributed by atoms with Gasteiger partial charge in [-0.25, -0.2) is 0 Å². The van der Waals surface area contributed by atoms with Crippen molar-refractivity contribution < 1.29 is 19.3 Å². The molecule has 1 rings (SSSR count). The first-order valence-electron chi connectivity index (χ1n) is 10.0. The van der Waals surface area contributed by atoms with Crippen LogP contribution in [-0.2, 0) is 14.2 Å². The number of hydrogen-bond donors (Lipinski definition) is 1. The molecule has 24 heavy (non-hydrogen) atoms. The highest BCUT2D eigenvalue weighted by Crippen LogP contribution is 2.40. The number of ether oxygens (including phenoxy) is 3. The molecule has 1 aliphatic rings. The molecular weight excluding hydrogens is 304 g/mol. The third-order valence-electron chi connectivity index (χ3n) is 4.92. The maximum Gasteiger partial charge on any atom is 0.113 e. The van der Waals surface area contributed by atoms with E-state index in [4.69, 9.17) is 14.2 Å². The quantitative estimate of drug-likeness (QED) is 0.535. The van der Waals surface area contributed by atoms with Crippen LogP contribution >= 0.6 is 0 Å². The van der Waals surface area contributed by atoms with E-state index in [0.29, 0.717) is 19.6 Å². The van der Waals surface area contributed by atoms with Gasteiger partial charge in [0.2, 0.25) is 0 Å². The third-order valence-corrected chi connectivity index (χ3v) is 4.92. The lowest BCUT2D eigenvalue weighted by atomic mass is 9.70. The highest BCUT2D eigenvalue weighted by molar-refractivity contribution is 5.00. The number of aliphatic hydroxyl groups is 1. The van der Waals surface area contributed by atoms with E-state index >= 15 is 0 Å². The Morgan fingerprint density at radius 1 is 0.792 bits per heavy atom. The summed E-state index contributed by atoms with van der Waals surface area (Å²) in [6, 6.07) is 0. The summed E-state index contributed by atoms with van der Waals surface area (Å²) in [5, 5.41) is 10.7. The molecule has 0 amide bonds. The van der Waals surface area contributed by atoms with Crippen LogP contribution in [0.1, 0.15) is 79.6 Å². The van der Waals surface area contributed by atoms with Gasteiger partial charge in [0, 0.05) is 19.8 Å². The molecule has 0 aliphatic heterocycles. The molecule has 0 aromatic heterocycles. The van der Waals surface area contributed by atoms with Gasteiger partial charge in [0.1, 0.15) is 12.2 Å². The highest BCUT2D eigenvalue weighted by atomic mass is 16.6. The first-order chi connectivity index (χ1) is 11.5. The molecule has 0 bridgehead atoms. The smallest absolute Gasteiger partial charge is 0.113 e. The Hall–Kier alpha value is -0.160. The van der Waals surface area contributed by atoms with Crippen molar-refractivity contribution in [2.75, 3.05) is 19.8 Å². The van der Waals surface area contributed by atoms with Gasteiger partial charge >= 0.3 is 0 Å². The fourth-order valence-electron chi connectivity index (χ4n) is 3.40. The minimum absolute atomic E-state index is 0.0315. The van der Waals surface area contributed by atoms with Crippen molar-refractivity contribution in [3.05, 3.63) is 0 Å². The second kappa shape index (κ2) is 11.5. The molecule has 4 heteroatoms. The number of rotatable bonds is 12. The number of unbranched alkanes of at least 4 members (excludes halogenated alkanes) is 3. The van der Waals surface area contributed by atoms with E-state index in [9.17, 15) is 5.11 Å². The normalized spacial score (nSPS) is 29.8. The summed E-state index contributed by atoms with van der Waals surface area (Å²) >= 11 is 0. The summed E-state index contributed by atoms with van der Waals surface area (Å²) in [6.07, 6.45) is 6.09. The predicted molar refractivity (Wildman–Crippen MR) is 98.3 cm³/mol. The lowest BCUT2D eigenvalue weighted by Gasteiger charge is -2.49. The number of hydrogen-bond acceptors (Lipinski definition) is 4. The van der Waals surface area contributed by atoms with E-state index in [1.165, 1.54) is 0 Å². The molecule has 0 aromatic carbocycles. The van der Waals surface area contributed by atoms with Gasteiger partial charge in [0.05, 0.1) is 12.2 Å². The van der Waals surface area contributed by atoms with E-state index in [1.54, 1.807) is 0 Å². The van der Waals surface area contributed by atoms with E-state index < -0.39 is 6.10 Å². The van der Waals surface area contributed by atoms with Crippen LogP contribution in [0.15, 0.2) is 0 Å². The molecule has 1 saturated carbocycles. The zero-order chi connectivity index (χ0) is 18.0. The molecule has 1 fully saturated rings. The Labute approximate surface area is 149 Å². The van der Waals surface area contributed by atoms with Crippen LogP contribution < -0.4 is 0 Å². The van der Waals surface area contributed by atoms with Gasteiger partial charge in [0.25, 0.3) is 0 Å². The summed E-state index contributed by atoms with van der Waals surface area (Å²) in [4.78, 5) is 0. The predicted octanol–water partition coefficient (Wildman–Crippen LogP) is 4.33. The fourth-order valence-corrected chi connectivity index (χ4v) is 3.40. The Morgan fingerprint density at radius 3 is 1.75 bits per heavy atom. The summed E-state index contributed by atoms with van der Waals surface area (Å²) in [5.41, 5.74) is -0.116. The fraction of sp³-hybridized carbons (Fsp3) is 1.00. The first kappa shape index (κ1) is 21.9. The molecule has 0 spiro atoms. The van der Waals surface area contributed by atoms with E-state index in [0.717, 1.165) is 45.1 Å². The Balaban J connectivity index is 2.84. The minimum atomic E-state index is -0.491. The second-order valence-electron chi connectivity index (χ2n) is 7.78. The number of aliphatic hydroxyl groups excluding tert-OH is 1. The molecule has 1 aliphatic carbocycles. The highest BCUT2D eigenvalue weighted by Gasteiger charge is 2.50. The average molecular weight is 345 g/mol. The SMILES string of the molecule is CCCCO[C@@H]1[C@H](OCCCC)[C@@H](OCCCC)C(C)(C)C[C@@H]1O. The Morgan fingerprint density at radius 2 is 1.25 bits per heavy atom. The molecule has 0 radical (unpaired) electrons. The lowest BCUT2D eigenvalue weighted by molar-refractivity contribution is -0.228. The molecule has 4 atom stereocenters. The summed E-state index contributed by atoms with van der Waals surface area (Å²) < 4.78 is 18.5.